The Kier molecular flexibility index (Phi) is 6.87. The number of ether oxygens (including phenoxy) is 1. The number of nitrogens with one attached hydrogen (secondary N) is 1. The van der Waals surface area contributed by atoms with E-state index in [4.69, 9.17) is 4.74 Å². The van der Waals surface area contributed by atoms with Gasteiger partial charge in [-0.3, -0.25) is 4.79 Å². The third-order valence-corrected chi connectivity index (χ3v) is 5.28. The van der Waals surface area contributed by atoms with Gasteiger partial charge in [-0.2, -0.15) is 5.10 Å². The van der Waals surface area contributed by atoms with Crippen LogP contribution in [0.25, 0.3) is 0 Å². The van der Waals surface area contributed by atoms with Crippen molar-refractivity contribution in [3.63, 3.8) is 0 Å². The molecule has 0 spiro atoms. The van der Waals surface area contributed by atoms with Crippen LogP contribution < -0.4 is 10.2 Å². The highest BCUT2D eigenvalue weighted by Gasteiger charge is 2.06. The zero-order valence-corrected chi connectivity index (χ0v) is 16.7. The van der Waals surface area contributed by atoms with Crippen LogP contribution in [0.3, 0.4) is 0 Å². The SMILES string of the molecule is COc1ccc(/C(C)=N\NC(=O)c2ccc(CSc3ccccc3)cc2)cc1. The molecule has 0 aliphatic carbocycles. The molecular formula is C23H22N2O2S. The summed E-state index contributed by atoms with van der Waals surface area (Å²) in [7, 11) is 1.63. The predicted octanol–water partition coefficient (Wildman–Crippen LogP) is 5.14. The van der Waals surface area contributed by atoms with E-state index in [1.165, 1.54) is 10.5 Å². The summed E-state index contributed by atoms with van der Waals surface area (Å²) < 4.78 is 5.15. The average molecular weight is 391 g/mol. The second kappa shape index (κ2) is 9.76. The molecule has 1 amide bonds. The van der Waals surface area contributed by atoms with Gasteiger partial charge in [-0.05, 0) is 66.6 Å². The highest BCUT2D eigenvalue weighted by atomic mass is 32.2. The summed E-state index contributed by atoms with van der Waals surface area (Å²) in [5.74, 6) is 1.42. The first-order chi connectivity index (χ1) is 13.7. The first-order valence-corrected chi connectivity index (χ1v) is 9.90. The van der Waals surface area contributed by atoms with E-state index in [0.29, 0.717) is 5.56 Å². The smallest absolute Gasteiger partial charge is 0.271 e. The van der Waals surface area contributed by atoms with Crippen LogP contribution in [0.1, 0.15) is 28.4 Å². The van der Waals surface area contributed by atoms with E-state index >= 15 is 0 Å². The monoisotopic (exact) mass is 390 g/mol. The fourth-order valence-electron chi connectivity index (χ4n) is 2.53. The lowest BCUT2D eigenvalue weighted by Gasteiger charge is -2.06. The Morgan fingerprint density at radius 1 is 0.929 bits per heavy atom. The van der Waals surface area contributed by atoms with Gasteiger partial charge in [0.2, 0.25) is 0 Å². The molecule has 5 heteroatoms. The Morgan fingerprint density at radius 3 is 2.21 bits per heavy atom. The van der Waals surface area contributed by atoms with Crippen LogP contribution in [0, 0.1) is 0 Å². The Balaban J connectivity index is 1.56. The number of carbonyl (C=O) groups is 1. The minimum Gasteiger partial charge on any atom is -0.497 e. The van der Waals surface area contributed by atoms with Gasteiger partial charge in [-0.25, -0.2) is 5.43 Å². The number of carbonyl (C=O) groups excluding carboxylic acids is 1. The second-order valence-corrected chi connectivity index (χ2v) is 7.21. The number of hydrazone groups is 1. The van der Waals surface area contributed by atoms with E-state index in [-0.39, 0.29) is 5.91 Å². The molecule has 0 aliphatic heterocycles. The Hall–Kier alpha value is -3.05. The molecule has 0 aliphatic rings. The largest absolute Gasteiger partial charge is 0.497 e. The summed E-state index contributed by atoms with van der Waals surface area (Å²) in [6.07, 6.45) is 0. The third-order valence-electron chi connectivity index (χ3n) is 4.20. The van der Waals surface area contributed by atoms with Crippen LogP contribution in [0.4, 0.5) is 0 Å². The quantitative estimate of drug-likeness (QED) is 0.345. The summed E-state index contributed by atoms with van der Waals surface area (Å²) in [4.78, 5) is 13.6. The molecule has 142 valence electrons. The van der Waals surface area contributed by atoms with Gasteiger partial charge in [0, 0.05) is 16.2 Å². The number of hydrogen-bond acceptors (Lipinski definition) is 4. The van der Waals surface area contributed by atoms with Gasteiger partial charge in [0.15, 0.2) is 0 Å². The molecule has 4 nitrogen and oxygen atoms in total. The number of hydrogen-bond donors (Lipinski definition) is 1. The van der Waals surface area contributed by atoms with Gasteiger partial charge in [0.1, 0.15) is 5.75 Å². The molecule has 0 saturated carbocycles. The lowest BCUT2D eigenvalue weighted by atomic mass is 10.1. The minimum absolute atomic E-state index is 0.227. The molecule has 0 fully saturated rings. The van der Waals surface area contributed by atoms with Crippen molar-refractivity contribution in [1.29, 1.82) is 0 Å². The zero-order valence-electron chi connectivity index (χ0n) is 15.9. The van der Waals surface area contributed by atoms with E-state index in [1.807, 2.05) is 73.7 Å². The van der Waals surface area contributed by atoms with Crippen molar-refractivity contribution >= 4 is 23.4 Å². The highest BCUT2D eigenvalue weighted by Crippen LogP contribution is 2.22. The number of rotatable bonds is 7. The molecule has 3 rings (SSSR count). The van der Waals surface area contributed by atoms with Crippen LogP contribution in [-0.4, -0.2) is 18.7 Å². The van der Waals surface area contributed by atoms with E-state index in [9.17, 15) is 4.79 Å². The van der Waals surface area contributed by atoms with Gasteiger partial charge in [0.25, 0.3) is 5.91 Å². The Morgan fingerprint density at radius 2 is 1.57 bits per heavy atom. The maximum atomic E-state index is 12.3. The number of nitrogens with zero attached hydrogens (tertiary/aromatic N) is 1. The maximum absolute atomic E-state index is 12.3. The summed E-state index contributed by atoms with van der Waals surface area (Å²) in [5.41, 5.74) is 6.02. The lowest BCUT2D eigenvalue weighted by Crippen LogP contribution is -2.19. The fourth-order valence-corrected chi connectivity index (χ4v) is 3.41. The van der Waals surface area contributed by atoms with Crippen LogP contribution in [0.2, 0.25) is 0 Å². The van der Waals surface area contributed by atoms with Crippen molar-refractivity contribution in [3.05, 3.63) is 95.6 Å². The van der Waals surface area contributed by atoms with Crippen molar-refractivity contribution < 1.29 is 9.53 Å². The summed E-state index contributed by atoms with van der Waals surface area (Å²) in [5, 5.41) is 4.20. The lowest BCUT2D eigenvalue weighted by molar-refractivity contribution is 0.0955. The van der Waals surface area contributed by atoms with Gasteiger partial charge >= 0.3 is 0 Å². The maximum Gasteiger partial charge on any atom is 0.271 e. The molecule has 0 unspecified atom stereocenters. The number of benzene rings is 3. The van der Waals surface area contributed by atoms with Gasteiger partial charge < -0.3 is 4.74 Å². The Bertz CT molecular complexity index is 937. The standard InChI is InChI=1S/C23H22N2O2S/c1-17(19-12-14-21(27-2)15-13-19)24-25-23(26)20-10-8-18(9-11-20)16-28-22-6-4-3-5-7-22/h3-15H,16H2,1-2H3,(H,25,26)/b24-17-. The molecule has 3 aromatic carbocycles. The first-order valence-electron chi connectivity index (χ1n) is 8.91. The summed E-state index contributed by atoms with van der Waals surface area (Å²) >= 11 is 1.77. The van der Waals surface area contributed by atoms with E-state index in [1.54, 1.807) is 18.9 Å². The normalized spacial score (nSPS) is 11.1. The first kappa shape index (κ1) is 19.7. The molecule has 1 N–H and O–H groups in total. The van der Waals surface area contributed by atoms with Gasteiger partial charge in [-0.1, -0.05) is 30.3 Å². The van der Waals surface area contributed by atoms with Crippen molar-refractivity contribution in [1.82, 2.24) is 5.43 Å². The van der Waals surface area contributed by atoms with Crippen molar-refractivity contribution in [2.24, 2.45) is 5.10 Å². The molecular weight excluding hydrogens is 368 g/mol. The minimum atomic E-state index is -0.227. The molecule has 0 saturated heterocycles. The van der Waals surface area contributed by atoms with E-state index < -0.39 is 0 Å². The van der Waals surface area contributed by atoms with Crippen LogP contribution in [0.15, 0.2) is 88.9 Å². The topological polar surface area (TPSA) is 50.7 Å². The number of thioether (sulfide) groups is 1. The summed E-state index contributed by atoms with van der Waals surface area (Å²) in [6, 6.07) is 25.4. The van der Waals surface area contributed by atoms with Crippen LogP contribution in [0.5, 0.6) is 5.75 Å². The molecule has 0 radical (unpaired) electrons. The van der Waals surface area contributed by atoms with E-state index in [2.05, 4.69) is 22.7 Å². The van der Waals surface area contributed by atoms with Crippen molar-refractivity contribution in [2.75, 3.05) is 7.11 Å². The molecule has 0 atom stereocenters. The number of amides is 1. The third kappa shape index (κ3) is 5.47. The summed E-state index contributed by atoms with van der Waals surface area (Å²) in [6.45, 7) is 1.85. The van der Waals surface area contributed by atoms with Gasteiger partial charge in [0.05, 0.1) is 12.8 Å². The second-order valence-electron chi connectivity index (χ2n) is 6.17. The van der Waals surface area contributed by atoms with Crippen molar-refractivity contribution in [2.45, 2.75) is 17.6 Å². The van der Waals surface area contributed by atoms with Crippen molar-refractivity contribution in [3.8, 4) is 5.75 Å². The fraction of sp³-hybridized carbons (Fsp3) is 0.130. The zero-order chi connectivity index (χ0) is 19.8. The molecule has 0 aromatic heterocycles. The average Bonchev–Trinajstić information content (AvgIpc) is 2.77. The van der Waals surface area contributed by atoms with Crippen LogP contribution >= 0.6 is 11.8 Å². The molecule has 3 aromatic rings. The number of methoxy groups -OCH3 is 1. The van der Waals surface area contributed by atoms with E-state index in [0.717, 1.165) is 22.8 Å². The highest BCUT2D eigenvalue weighted by molar-refractivity contribution is 7.98. The Labute approximate surface area is 169 Å². The van der Waals surface area contributed by atoms with Crippen LogP contribution in [-0.2, 0) is 5.75 Å². The van der Waals surface area contributed by atoms with Gasteiger partial charge in [-0.15, -0.1) is 11.8 Å². The molecule has 28 heavy (non-hydrogen) atoms. The molecule has 0 bridgehead atoms. The predicted molar refractivity (Wildman–Crippen MR) is 115 cm³/mol. The molecule has 0 heterocycles.